The van der Waals surface area contributed by atoms with Crippen LogP contribution in [-0.2, 0) is 0 Å². The summed E-state index contributed by atoms with van der Waals surface area (Å²) >= 11 is 0. The van der Waals surface area contributed by atoms with E-state index in [4.69, 9.17) is 4.74 Å². The zero-order chi connectivity index (χ0) is 13.4. The predicted molar refractivity (Wildman–Crippen MR) is 62.2 cm³/mol. The van der Waals surface area contributed by atoms with Crippen molar-refractivity contribution >= 4 is 0 Å². The Labute approximate surface area is 105 Å². The van der Waals surface area contributed by atoms with Crippen LogP contribution in [0.25, 0.3) is 0 Å². The maximum Gasteiger partial charge on any atom is 0.586 e. The summed E-state index contributed by atoms with van der Waals surface area (Å²) in [5.74, 6) is 0.263. The highest BCUT2D eigenvalue weighted by atomic mass is 19.3. The van der Waals surface area contributed by atoms with Crippen LogP contribution in [0.3, 0.4) is 0 Å². The van der Waals surface area contributed by atoms with E-state index < -0.39 is 6.29 Å². The Morgan fingerprint density at radius 3 is 2.61 bits per heavy atom. The van der Waals surface area contributed by atoms with E-state index in [9.17, 15) is 8.78 Å². The van der Waals surface area contributed by atoms with E-state index in [1.54, 1.807) is 12.1 Å². The molecule has 5 heteroatoms. The van der Waals surface area contributed by atoms with Gasteiger partial charge < -0.3 is 14.2 Å². The lowest BCUT2D eigenvalue weighted by molar-refractivity contribution is -0.287. The molecule has 0 saturated carbocycles. The first-order valence-corrected chi connectivity index (χ1v) is 5.78. The number of fused-ring (bicyclic) bond motifs is 1. The topological polar surface area (TPSA) is 27.7 Å². The maximum absolute atomic E-state index is 12.9. The first kappa shape index (κ1) is 12.9. The Kier molecular flexibility index (Phi) is 3.09. The molecule has 0 fully saturated rings. The molecule has 1 heterocycles. The van der Waals surface area contributed by atoms with Crippen LogP contribution in [0.4, 0.5) is 8.78 Å². The van der Waals surface area contributed by atoms with E-state index in [1.807, 2.05) is 0 Å². The van der Waals surface area contributed by atoms with Crippen LogP contribution in [0.5, 0.6) is 17.2 Å². The Bertz CT molecular complexity index is 438. The fourth-order valence-corrected chi connectivity index (χ4v) is 1.53. The normalized spacial score (nSPS) is 16.7. The molecule has 0 amide bonds. The van der Waals surface area contributed by atoms with Crippen molar-refractivity contribution in [1.82, 2.24) is 0 Å². The average Bonchev–Trinajstić information content (AvgIpc) is 2.51. The first-order chi connectivity index (χ1) is 8.27. The Morgan fingerprint density at radius 1 is 1.22 bits per heavy atom. The van der Waals surface area contributed by atoms with Crippen LogP contribution >= 0.6 is 0 Å². The van der Waals surface area contributed by atoms with Gasteiger partial charge in [-0.2, -0.15) is 0 Å². The number of para-hydroxylation sites is 1. The third-order valence-electron chi connectivity index (χ3n) is 2.50. The summed E-state index contributed by atoms with van der Waals surface area (Å²) in [6.45, 7) is 6.69. The number of halogens is 2. The van der Waals surface area contributed by atoms with Crippen LogP contribution in [0, 0.1) is 5.41 Å². The molecule has 0 spiro atoms. The van der Waals surface area contributed by atoms with Crippen molar-refractivity contribution in [1.29, 1.82) is 0 Å². The predicted octanol–water partition coefficient (Wildman–Crippen LogP) is 3.82. The van der Waals surface area contributed by atoms with Crippen molar-refractivity contribution in [2.45, 2.75) is 33.5 Å². The second-order valence-corrected chi connectivity index (χ2v) is 5.41. The van der Waals surface area contributed by atoms with Gasteiger partial charge in [-0.25, -0.2) is 0 Å². The molecule has 0 bridgehead atoms. The van der Waals surface area contributed by atoms with Crippen molar-refractivity contribution in [2.75, 3.05) is 6.61 Å². The van der Waals surface area contributed by atoms with Gasteiger partial charge >= 0.3 is 6.29 Å². The van der Waals surface area contributed by atoms with E-state index in [0.717, 1.165) is 6.42 Å². The van der Waals surface area contributed by atoms with Crippen molar-refractivity contribution in [2.24, 2.45) is 5.41 Å². The Morgan fingerprint density at radius 2 is 1.94 bits per heavy atom. The Balaban J connectivity index is 2.06. The van der Waals surface area contributed by atoms with Crippen LogP contribution in [0.2, 0.25) is 0 Å². The zero-order valence-electron chi connectivity index (χ0n) is 10.6. The zero-order valence-corrected chi connectivity index (χ0v) is 10.6. The lowest BCUT2D eigenvalue weighted by Gasteiger charge is -2.18. The molecule has 0 unspecified atom stereocenters. The number of ether oxygens (including phenoxy) is 3. The SMILES string of the molecule is CC(C)(C)CCOc1cccc2c1OC(F)(F)O2. The molecule has 100 valence electrons. The molecule has 18 heavy (non-hydrogen) atoms. The molecule has 0 aromatic heterocycles. The smallest absolute Gasteiger partial charge is 0.490 e. The summed E-state index contributed by atoms with van der Waals surface area (Å²) in [6, 6.07) is 4.61. The van der Waals surface area contributed by atoms with E-state index in [2.05, 4.69) is 30.2 Å². The highest BCUT2D eigenvalue weighted by Gasteiger charge is 2.45. The molecule has 1 aromatic rings. The molecule has 0 atom stereocenters. The molecule has 2 rings (SSSR count). The van der Waals surface area contributed by atoms with Gasteiger partial charge in [-0.05, 0) is 24.0 Å². The van der Waals surface area contributed by atoms with Crippen LogP contribution in [-0.4, -0.2) is 12.9 Å². The van der Waals surface area contributed by atoms with Gasteiger partial charge in [0, 0.05) is 0 Å². The van der Waals surface area contributed by atoms with Crippen LogP contribution in [0.1, 0.15) is 27.2 Å². The third-order valence-corrected chi connectivity index (χ3v) is 2.50. The molecule has 0 N–H and O–H groups in total. The number of benzene rings is 1. The van der Waals surface area contributed by atoms with Crippen LogP contribution < -0.4 is 14.2 Å². The third kappa shape index (κ3) is 3.03. The summed E-state index contributed by atoms with van der Waals surface area (Å²) in [4.78, 5) is 0. The number of rotatable bonds is 3. The van der Waals surface area contributed by atoms with E-state index in [1.165, 1.54) is 6.07 Å². The standard InChI is InChI=1S/C13H16F2O3/c1-12(2,3)7-8-16-9-5-4-6-10-11(9)18-13(14,15)17-10/h4-6H,7-8H2,1-3H3. The van der Waals surface area contributed by atoms with Crippen molar-refractivity contribution in [3.8, 4) is 17.2 Å². The molecule has 0 aliphatic carbocycles. The molecular weight excluding hydrogens is 242 g/mol. The van der Waals surface area contributed by atoms with Crippen molar-refractivity contribution in [3.63, 3.8) is 0 Å². The fraction of sp³-hybridized carbons (Fsp3) is 0.538. The van der Waals surface area contributed by atoms with Gasteiger partial charge in [0.1, 0.15) is 0 Å². The highest BCUT2D eigenvalue weighted by molar-refractivity contribution is 5.52. The molecule has 3 nitrogen and oxygen atoms in total. The highest BCUT2D eigenvalue weighted by Crippen LogP contribution is 2.46. The lowest BCUT2D eigenvalue weighted by atomic mass is 9.93. The molecule has 1 aromatic carbocycles. The van der Waals surface area contributed by atoms with Gasteiger partial charge in [-0.1, -0.05) is 26.8 Å². The molecular formula is C13H16F2O3. The second kappa shape index (κ2) is 4.30. The van der Waals surface area contributed by atoms with E-state index in [-0.39, 0.29) is 22.7 Å². The first-order valence-electron chi connectivity index (χ1n) is 5.78. The largest absolute Gasteiger partial charge is 0.586 e. The monoisotopic (exact) mass is 258 g/mol. The molecule has 1 aliphatic rings. The minimum Gasteiger partial charge on any atom is -0.490 e. The van der Waals surface area contributed by atoms with Crippen molar-refractivity contribution in [3.05, 3.63) is 18.2 Å². The van der Waals surface area contributed by atoms with Gasteiger partial charge in [0.25, 0.3) is 0 Å². The number of hydrogen-bond acceptors (Lipinski definition) is 3. The minimum absolute atomic E-state index is 0.00765. The van der Waals surface area contributed by atoms with Crippen molar-refractivity contribution < 1.29 is 23.0 Å². The summed E-state index contributed by atoms with van der Waals surface area (Å²) in [7, 11) is 0. The maximum atomic E-state index is 12.9. The second-order valence-electron chi connectivity index (χ2n) is 5.41. The fourth-order valence-electron chi connectivity index (χ4n) is 1.53. The van der Waals surface area contributed by atoms with E-state index in [0.29, 0.717) is 6.61 Å². The minimum atomic E-state index is -3.61. The summed E-state index contributed by atoms with van der Waals surface area (Å²) < 4.78 is 40.1. The quantitative estimate of drug-likeness (QED) is 0.824. The molecule has 0 radical (unpaired) electrons. The van der Waals surface area contributed by atoms with Gasteiger partial charge in [0.05, 0.1) is 6.61 Å². The lowest BCUT2D eigenvalue weighted by Crippen LogP contribution is -2.26. The van der Waals surface area contributed by atoms with Crippen LogP contribution in [0.15, 0.2) is 18.2 Å². The van der Waals surface area contributed by atoms with Gasteiger partial charge in [-0.15, -0.1) is 8.78 Å². The van der Waals surface area contributed by atoms with E-state index >= 15 is 0 Å². The summed E-state index contributed by atoms with van der Waals surface area (Å²) in [6.07, 6.45) is -2.79. The number of hydrogen-bond donors (Lipinski definition) is 0. The van der Waals surface area contributed by atoms with Gasteiger partial charge in [0.2, 0.25) is 5.75 Å². The number of alkyl halides is 2. The average molecular weight is 258 g/mol. The van der Waals surface area contributed by atoms with Gasteiger partial charge in [0.15, 0.2) is 11.5 Å². The summed E-state index contributed by atoms with van der Waals surface area (Å²) in [5, 5.41) is 0. The molecule has 1 aliphatic heterocycles. The van der Waals surface area contributed by atoms with Gasteiger partial charge in [-0.3, -0.25) is 0 Å². The summed E-state index contributed by atoms with van der Waals surface area (Å²) in [5.41, 5.74) is 0.124. The molecule has 0 saturated heterocycles. The Hall–Kier alpha value is -1.52.